The number of aliphatic carboxylic acids is 1. The zero-order valence-electron chi connectivity index (χ0n) is 21.7. The molecule has 0 atom stereocenters. The lowest BCUT2D eigenvalue weighted by Gasteiger charge is -2.07. The summed E-state index contributed by atoms with van der Waals surface area (Å²) in [6.45, 7) is 16.3. The van der Waals surface area contributed by atoms with Gasteiger partial charge in [0.25, 0.3) is 5.97 Å². The van der Waals surface area contributed by atoms with E-state index in [1.165, 1.54) is 22.3 Å². The minimum atomic E-state index is -0.833. The van der Waals surface area contributed by atoms with Crippen LogP contribution in [0.1, 0.15) is 100 Å². The van der Waals surface area contributed by atoms with Gasteiger partial charge in [0.15, 0.2) is 0 Å². The Morgan fingerprint density at radius 2 is 1.19 bits per heavy atom. The largest absolute Gasteiger partial charge is 0.481 e. The summed E-state index contributed by atoms with van der Waals surface area (Å²) in [5.41, 5.74) is 6.05. The fourth-order valence-corrected chi connectivity index (χ4v) is 2.59. The molecule has 0 radical (unpaired) electrons. The lowest BCUT2D eigenvalue weighted by atomic mass is 10.1. The SMILES string of the molecule is CC(=O)O.CCCC=C(C/C=C(\C)CCC=C(C)C)C(=O)OC/C=C(\C)CCC=C(C)C. The molecular weight excluding hydrogens is 400 g/mol. The van der Waals surface area contributed by atoms with E-state index < -0.39 is 5.97 Å². The second-order valence-electron chi connectivity index (χ2n) is 8.58. The maximum atomic E-state index is 12.5. The van der Waals surface area contributed by atoms with Crippen molar-refractivity contribution in [2.45, 2.75) is 100 Å². The number of esters is 1. The summed E-state index contributed by atoms with van der Waals surface area (Å²) in [5, 5.41) is 7.42. The Balaban J connectivity index is 0. The van der Waals surface area contributed by atoms with Crippen molar-refractivity contribution in [2.24, 2.45) is 0 Å². The number of carbonyl (C=O) groups is 2. The molecule has 0 saturated heterocycles. The van der Waals surface area contributed by atoms with E-state index >= 15 is 0 Å². The Morgan fingerprint density at radius 1 is 0.719 bits per heavy atom. The molecule has 0 unspecified atom stereocenters. The number of allylic oxidation sites excluding steroid dienone is 8. The summed E-state index contributed by atoms with van der Waals surface area (Å²) >= 11 is 0. The lowest BCUT2D eigenvalue weighted by molar-refractivity contribution is -0.138. The highest BCUT2D eigenvalue weighted by Gasteiger charge is 2.09. The highest BCUT2D eigenvalue weighted by molar-refractivity contribution is 5.88. The molecule has 0 aromatic heterocycles. The molecule has 0 bridgehead atoms. The van der Waals surface area contributed by atoms with Crippen molar-refractivity contribution in [1.29, 1.82) is 0 Å². The molecule has 0 fully saturated rings. The molecule has 0 aromatic carbocycles. The molecule has 0 aliphatic carbocycles. The number of unbranched alkanes of at least 4 members (excludes halogenated alkanes) is 1. The van der Waals surface area contributed by atoms with Crippen molar-refractivity contribution in [1.82, 2.24) is 0 Å². The van der Waals surface area contributed by atoms with Gasteiger partial charge in [0.05, 0.1) is 0 Å². The maximum Gasteiger partial charge on any atom is 0.334 e. The smallest absolute Gasteiger partial charge is 0.334 e. The third kappa shape index (κ3) is 23.9. The molecule has 4 heteroatoms. The van der Waals surface area contributed by atoms with E-state index in [-0.39, 0.29) is 5.97 Å². The third-order valence-corrected chi connectivity index (χ3v) is 4.44. The van der Waals surface area contributed by atoms with E-state index in [0.29, 0.717) is 13.0 Å². The summed E-state index contributed by atoms with van der Waals surface area (Å²) < 4.78 is 5.51. The number of carboxylic acid groups (broad SMARTS) is 1. The molecule has 0 aromatic rings. The first-order valence-electron chi connectivity index (χ1n) is 11.6. The molecule has 0 rings (SSSR count). The Morgan fingerprint density at radius 3 is 1.62 bits per heavy atom. The Hall–Kier alpha value is -2.36. The molecule has 0 heterocycles. The van der Waals surface area contributed by atoms with Crippen LogP contribution in [0.3, 0.4) is 0 Å². The molecule has 0 spiro atoms. The van der Waals surface area contributed by atoms with E-state index in [4.69, 9.17) is 14.6 Å². The molecule has 0 aliphatic heterocycles. The molecule has 4 nitrogen and oxygen atoms in total. The van der Waals surface area contributed by atoms with Gasteiger partial charge in [-0.05, 0) is 86.1 Å². The van der Waals surface area contributed by atoms with Crippen molar-refractivity contribution >= 4 is 11.9 Å². The first-order chi connectivity index (χ1) is 15.0. The highest BCUT2D eigenvalue weighted by Crippen LogP contribution is 2.14. The van der Waals surface area contributed by atoms with Crippen LogP contribution in [0.4, 0.5) is 0 Å². The van der Waals surface area contributed by atoms with E-state index in [0.717, 1.165) is 51.0 Å². The van der Waals surface area contributed by atoms with Crippen LogP contribution >= 0.6 is 0 Å². The molecule has 0 amide bonds. The van der Waals surface area contributed by atoms with Crippen LogP contribution in [0, 0.1) is 0 Å². The normalized spacial score (nSPS) is 11.8. The van der Waals surface area contributed by atoms with Gasteiger partial charge < -0.3 is 9.84 Å². The average molecular weight is 447 g/mol. The van der Waals surface area contributed by atoms with Crippen LogP contribution < -0.4 is 0 Å². The predicted molar refractivity (Wildman–Crippen MR) is 137 cm³/mol. The summed E-state index contributed by atoms with van der Waals surface area (Å²) in [4.78, 5) is 21.5. The molecule has 0 aliphatic rings. The molecule has 0 saturated carbocycles. The molecular formula is C28H46O4. The lowest BCUT2D eigenvalue weighted by Crippen LogP contribution is -2.08. The van der Waals surface area contributed by atoms with Crippen molar-refractivity contribution in [3.05, 3.63) is 58.2 Å². The topological polar surface area (TPSA) is 63.6 Å². The average Bonchev–Trinajstić information content (AvgIpc) is 2.66. The van der Waals surface area contributed by atoms with Gasteiger partial charge in [0.1, 0.15) is 6.61 Å². The predicted octanol–water partition coefficient (Wildman–Crippen LogP) is 8.12. The third-order valence-electron chi connectivity index (χ3n) is 4.44. The zero-order valence-corrected chi connectivity index (χ0v) is 21.7. The van der Waals surface area contributed by atoms with Gasteiger partial charge in [0.2, 0.25) is 0 Å². The second-order valence-corrected chi connectivity index (χ2v) is 8.58. The van der Waals surface area contributed by atoms with Crippen molar-refractivity contribution in [2.75, 3.05) is 6.61 Å². The Bertz CT molecular complexity index is 691. The van der Waals surface area contributed by atoms with E-state index in [1.54, 1.807) is 0 Å². The van der Waals surface area contributed by atoms with Crippen molar-refractivity contribution < 1.29 is 19.4 Å². The van der Waals surface area contributed by atoms with Crippen LogP contribution in [0.5, 0.6) is 0 Å². The fourth-order valence-electron chi connectivity index (χ4n) is 2.59. The molecule has 182 valence electrons. The summed E-state index contributed by atoms with van der Waals surface area (Å²) in [6.07, 6.45) is 17.5. The van der Waals surface area contributed by atoms with Crippen LogP contribution in [-0.4, -0.2) is 23.7 Å². The number of carbonyl (C=O) groups excluding carboxylic acids is 1. The first-order valence-corrected chi connectivity index (χ1v) is 11.6. The van der Waals surface area contributed by atoms with Gasteiger partial charge in [-0.3, -0.25) is 4.79 Å². The quantitative estimate of drug-likeness (QED) is 0.176. The van der Waals surface area contributed by atoms with Gasteiger partial charge >= 0.3 is 5.97 Å². The standard InChI is InChI=1S/C26H42O2.C2H4O2/c1-8-9-16-25(18-17-23(6)14-10-12-21(2)3)26(27)28-20-19-24(7)15-11-13-22(4)5;1-2(3)4/h12-13,16-17,19H,8-11,14-15,18,20H2,1-7H3;1H3,(H,3,4)/b23-17+,24-19+,25-16?;. The number of rotatable bonds is 13. The van der Waals surface area contributed by atoms with E-state index in [1.807, 2.05) is 12.2 Å². The van der Waals surface area contributed by atoms with Gasteiger partial charge in [-0.1, -0.05) is 59.9 Å². The Kier molecular flexibility index (Phi) is 20.4. The summed E-state index contributed by atoms with van der Waals surface area (Å²) in [7, 11) is 0. The maximum absolute atomic E-state index is 12.5. The van der Waals surface area contributed by atoms with E-state index in [2.05, 4.69) is 66.7 Å². The minimum Gasteiger partial charge on any atom is -0.481 e. The summed E-state index contributed by atoms with van der Waals surface area (Å²) in [6, 6.07) is 0. The zero-order chi connectivity index (χ0) is 24.9. The van der Waals surface area contributed by atoms with Crippen molar-refractivity contribution in [3.8, 4) is 0 Å². The number of hydrogen-bond donors (Lipinski definition) is 1. The Labute approximate surface area is 196 Å². The van der Waals surface area contributed by atoms with Crippen LogP contribution in [0.15, 0.2) is 58.2 Å². The van der Waals surface area contributed by atoms with Crippen LogP contribution in [0.2, 0.25) is 0 Å². The summed E-state index contributed by atoms with van der Waals surface area (Å²) in [5.74, 6) is -1.02. The number of carboxylic acids is 1. The van der Waals surface area contributed by atoms with Gasteiger partial charge in [-0.2, -0.15) is 0 Å². The highest BCUT2D eigenvalue weighted by atomic mass is 16.5. The van der Waals surface area contributed by atoms with Gasteiger partial charge in [-0.15, -0.1) is 0 Å². The first kappa shape index (κ1) is 31.8. The molecule has 32 heavy (non-hydrogen) atoms. The molecule has 1 N–H and O–H groups in total. The van der Waals surface area contributed by atoms with E-state index in [9.17, 15) is 4.79 Å². The monoisotopic (exact) mass is 446 g/mol. The van der Waals surface area contributed by atoms with Crippen LogP contribution in [-0.2, 0) is 14.3 Å². The van der Waals surface area contributed by atoms with Crippen LogP contribution in [0.25, 0.3) is 0 Å². The van der Waals surface area contributed by atoms with Crippen molar-refractivity contribution in [3.63, 3.8) is 0 Å². The van der Waals surface area contributed by atoms with Gasteiger partial charge in [0, 0.05) is 12.5 Å². The number of hydrogen-bond acceptors (Lipinski definition) is 3. The number of ether oxygens (including phenoxy) is 1. The second kappa shape index (κ2) is 20.5. The van der Waals surface area contributed by atoms with Gasteiger partial charge in [-0.25, -0.2) is 4.79 Å². The fraction of sp³-hybridized carbons (Fsp3) is 0.571. The minimum absolute atomic E-state index is 0.185.